The number of rotatable bonds is 7. The molecule has 2 amide bonds. The minimum absolute atomic E-state index is 0. The van der Waals surface area contributed by atoms with E-state index in [0.29, 0.717) is 31.3 Å². The third-order valence-corrected chi connectivity index (χ3v) is 5.23. The summed E-state index contributed by atoms with van der Waals surface area (Å²) in [4.78, 5) is 28.7. The van der Waals surface area contributed by atoms with Crippen LogP contribution in [-0.2, 0) is 16.0 Å². The van der Waals surface area contributed by atoms with Gasteiger partial charge in [0.1, 0.15) is 0 Å². The molecular formula is C19H30ClN3O3S. The summed E-state index contributed by atoms with van der Waals surface area (Å²) in [6.45, 7) is 8.70. The van der Waals surface area contributed by atoms with E-state index < -0.39 is 0 Å². The highest BCUT2D eigenvalue weighted by Gasteiger charge is 2.21. The first kappa shape index (κ1) is 23.6. The molecule has 0 unspecified atom stereocenters. The van der Waals surface area contributed by atoms with E-state index in [9.17, 15) is 9.59 Å². The number of benzene rings is 1. The number of hydrogen-bond donors (Lipinski definition) is 1. The Morgan fingerprint density at radius 2 is 1.78 bits per heavy atom. The molecule has 0 spiro atoms. The van der Waals surface area contributed by atoms with Crippen LogP contribution in [0.1, 0.15) is 19.4 Å². The average Bonchev–Trinajstić information content (AvgIpc) is 2.63. The fourth-order valence-electron chi connectivity index (χ4n) is 2.84. The van der Waals surface area contributed by atoms with Crippen LogP contribution >= 0.6 is 24.2 Å². The van der Waals surface area contributed by atoms with Gasteiger partial charge in [0.05, 0.1) is 13.5 Å². The van der Waals surface area contributed by atoms with E-state index in [2.05, 4.69) is 36.2 Å². The summed E-state index contributed by atoms with van der Waals surface area (Å²) in [5.41, 5.74) is 1.03. The summed E-state index contributed by atoms with van der Waals surface area (Å²) in [5.74, 6) is 0.0439. The number of thioether (sulfide) groups is 1. The van der Waals surface area contributed by atoms with E-state index >= 15 is 0 Å². The van der Waals surface area contributed by atoms with Crippen molar-refractivity contribution in [2.45, 2.75) is 30.4 Å². The molecule has 0 aliphatic carbocycles. The third-order valence-electron chi connectivity index (χ3n) is 4.22. The van der Waals surface area contributed by atoms with Crippen molar-refractivity contribution in [3.8, 4) is 0 Å². The largest absolute Gasteiger partial charge is 0.453 e. The van der Waals surface area contributed by atoms with Crippen LogP contribution in [0.3, 0.4) is 0 Å². The second kappa shape index (κ2) is 12.1. The number of ether oxygens (including phenoxy) is 1. The number of methoxy groups -OCH3 is 1. The zero-order chi connectivity index (χ0) is 18.9. The van der Waals surface area contributed by atoms with Gasteiger partial charge in [0.2, 0.25) is 5.91 Å². The molecule has 1 aliphatic heterocycles. The summed E-state index contributed by atoms with van der Waals surface area (Å²) in [6.07, 6.45) is 0.138. The highest BCUT2D eigenvalue weighted by Crippen LogP contribution is 2.22. The minimum atomic E-state index is -0.268. The maximum atomic E-state index is 12.1. The van der Waals surface area contributed by atoms with E-state index in [0.717, 1.165) is 25.2 Å². The van der Waals surface area contributed by atoms with E-state index in [1.165, 1.54) is 12.0 Å². The molecule has 8 heteroatoms. The fourth-order valence-corrected chi connectivity index (χ4v) is 3.68. The van der Waals surface area contributed by atoms with E-state index in [4.69, 9.17) is 4.74 Å². The highest BCUT2D eigenvalue weighted by atomic mass is 35.5. The molecule has 1 N–H and O–H groups in total. The summed E-state index contributed by atoms with van der Waals surface area (Å²) in [5, 5.41) is 3.53. The second-order valence-corrected chi connectivity index (χ2v) is 8.29. The normalized spacial score (nSPS) is 14.6. The van der Waals surface area contributed by atoms with Gasteiger partial charge in [-0.3, -0.25) is 9.69 Å². The second-order valence-electron chi connectivity index (χ2n) is 6.64. The first-order valence-corrected chi connectivity index (χ1v) is 9.93. The van der Waals surface area contributed by atoms with Gasteiger partial charge in [-0.05, 0) is 17.7 Å². The van der Waals surface area contributed by atoms with Crippen LogP contribution in [0.4, 0.5) is 4.79 Å². The van der Waals surface area contributed by atoms with Crippen LogP contribution in [0.5, 0.6) is 0 Å². The summed E-state index contributed by atoms with van der Waals surface area (Å²) in [6, 6.07) is 8.20. The average molecular weight is 416 g/mol. The van der Waals surface area contributed by atoms with E-state index in [1.807, 2.05) is 23.9 Å². The number of halogens is 1. The van der Waals surface area contributed by atoms with Crippen LogP contribution in [0.25, 0.3) is 0 Å². The van der Waals surface area contributed by atoms with Crippen LogP contribution in [0.2, 0.25) is 0 Å². The Labute approximate surface area is 172 Å². The lowest BCUT2D eigenvalue weighted by molar-refractivity contribution is -0.120. The highest BCUT2D eigenvalue weighted by molar-refractivity contribution is 7.99. The first-order chi connectivity index (χ1) is 12.5. The molecule has 1 fully saturated rings. The quantitative estimate of drug-likeness (QED) is 0.693. The van der Waals surface area contributed by atoms with Crippen molar-refractivity contribution in [2.75, 3.05) is 46.4 Å². The Kier molecular flexibility index (Phi) is 10.6. The molecule has 0 saturated carbocycles. The predicted octanol–water partition coefficient (Wildman–Crippen LogP) is 2.65. The molecule has 0 aromatic heterocycles. The Hall–Kier alpha value is -1.44. The number of carbonyl (C=O) groups is 2. The van der Waals surface area contributed by atoms with Gasteiger partial charge in [-0.1, -0.05) is 26.0 Å². The third kappa shape index (κ3) is 8.41. The lowest BCUT2D eigenvalue weighted by Crippen LogP contribution is -2.50. The zero-order valence-corrected chi connectivity index (χ0v) is 17.9. The number of amides is 2. The molecule has 1 aromatic rings. The van der Waals surface area contributed by atoms with E-state index in [-0.39, 0.29) is 24.4 Å². The minimum Gasteiger partial charge on any atom is -0.453 e. The fraction of sp³-hybridized carbons (Fsp3) is 0.579. The van der Waals surface area contributed by atoms with Gasteiger partial charge in [-0.15, -0.1) is 24.2 Å². The molecule has 0 atom stereocenters. The maximum Gasteiger partial charge on any atom is 0.409 e. The van der Waals surface area contributed by atoms with Gasteiger partial charge in [0, 0.05) is 49.4 Å². The van der Waals surface area contributed by atoms with Gasteiger partial charge >= 0.3 is 6.09 Å². The Morgan fingerprint density at radius 1 is 1.15 bits per heavy atom. The molecular weight excluding hydrogens is 386 g/mol. The number of piperazine rings is 1. The lowest BCUT2D eigenvalue weighted by atomic mass is 10.1. The Bertz CT molecular complexity index is 590. The zero-order valence-electron chi connectivity index (χ0n) is 16.3. The van der Waals surface area contributed by atoms with Gasteiger partial charge in [0.15, 0.2) is 0 Å². The predicted molar refractivity (Wildman–Crippen MR) is 112 cm³/mol. The summed E-state index contributed by atoms with van der Waals surface area (Å²) >= 11 is 1.82. The van der Waals surface area contributed by atoms with Crippen molar-refractivity contribution < 1.29 is 14.3 Å². The summed E-state index contributed by atoms with van der Waals surface area (Å²) < 4.78 is 4.73. The van der Waals surface area contributed by atoms with Crippen molar-refractivity contribution in [1.29, 1.82) is 0 Å². The SMILES string of the molecule is COC(=O)N1CCN(CCNC(=O)Cc2ccc(SC(C)C)cc2)CC1.Cl. The number of nitrogens with zero attached hydrogens (tertiary/aromatic N) is 2. The summed E-state index contributed by atoms with van der Waals surface area (Å²) in [7, 11) is 1.40. The standard InChI is InChI=1S/C19H29N3O3S.ClH/c1-15(2)26-17-6-4-16(5-7-17)14-18(23)20-8-9-21-10-12-22(13-11-21)19(24)25-3;/h4-7,15H,8-14H2,1-3H3,(H,20,23);1H. The van der Waals surface area contributed by atoms with Crippen molar-refractivity contribution in [3.63, 3.8) is 0 Å². The number of hydrogen-bond acceptors (Lipinski definition) is 5. The van der Waals surface area contributed by atoms with Gasteiger partial charge < -0.3 is 15.0 Å². The van der Waals surface area contributed by atoms with Gasteiger partial charge in [-0.25, -0.2) is 4.79 Å². The van der Waals surface area contributed by atoms with Crippen molar-refractivity contribution >= 4 is 36.2 Å². The van der Waals surface area contributed by atoms with Crippen molar-refractivity contribution in [3.05, 3.63) is 29.8 Å². The van der Waals surface area contributed by atoms with Crippen molar-refractivity contribution in [2.24, 2.45) is 0 Å². The topological polar surface area (TPSA) is 61.9 Å². The molecule has 1 aromatic carbocycles. The molecule has 27 heavy (non-hydrogen) atoms. The van der Waals surface area contributed by atoms with Crippen LogP contribution in [0.15, 0.2) is 29.2 Å². The molecule has 152 valence electrons. The number of nitrogens with one attached hydrogen (secondary N) is 1. The molecule has 0 bridgehead atoms. The smallest absolute Gasteiger partial charge is 0.409 e. The van der Waals surface area contributed by atoms with Gasteiger partial charge in [0.25, 0.3) is 0 Å². The molecule has 2 rings (SSSR count). The molecule has 0 radical (unpaired) electrons. The maximum absolute atomic E-state index is 12.1. The molecule has 1 saturated heterocycles. The van der Waals surface area contributed by atoms with E-state index in [1.54, 1.807) is 4.90 Å². The monoisotopic (exact) mass is 415 g/mol. The molecule has 1 aliphatic rings. The van der Waals surface area contributed by atoms with Gasteiger partial charge in [-0.2, -0.15) is 0 Å². The van der Waals surface area contributed by atoms with Crippen molar-refractivity contribution in [1.82, 2.24) is 15.1 Å². The van der Waals surface area contributed by atoms with Crippen LogP contribution in [-0.4, -0.2) is 73.4 Å². The van der Waals surface area contributed by atoms with Crippen LogP contribution in [0, 0.1) is 0 Å². The Morgan fingerprint density at radius 3 is 2.33 bits per heavy atom. The van der Waals surface area contributed by atoms with Crippen LogP contribution < -0.4 is 5.32 Å². The molecule has 6 nitrogen and oxygen atoms in total. The first-order valence-electron chi connectivity index (χ1n) is 9.05. The Balaban J connectivity index is 0.00000364. The molecule has 1 heterocycles. The number of carbonyl (C=O) groups excluding carboxylic acids is 2. The lowest BCUT2D eigenvalue weighted by Gasteiger charge is -2.33.